The summed E-state index contributed by atoms with van der Waals surface area (Å²) in [6.45, 7) is 5.45. The normalized spacial score (nSPS) is 12.8. The number of fused-ring (bicyclic) bond motifs is 1. The van der Waals surface area contributed by atoms with E-state index in [1.54, 1.807) is 36.5 Å². The van der Waals surface area contributed by atoms with Crippen molar-refractivity contribution in [3.63, 3.8) is 0 Å². The molecule has 0 saturated carbocycles. The van der Waals surface area contributed by atoms with E-state index in [9.17, 15) is 24.3 Å². The molecule has 4 amide bonds. The monoisotopic (exact) mass is 625 g/mol. The van der Waals surface area contributed by atoms with Crippen LogP contribution in [0.4, 0.5) is 16.2 Å². The van der Waals surface area contributed by atoms with Gasteiger partial charge in [0.2, 0.25) is 11.8 Å². The minimum atomic E-state index is -1.30. The van der Waals surface area contributed by atoms with Crippen LogP contribution in [0.1, 0.15) is 60.2 Å². The van der Waals surface area contributed by atoms with Crippen molar-refractivity contribution in [1.29, 1.82) is 0 Å². The van der Waals surface area contributed by atoms with E-state index in [0.29, 0.717) is 46.7 Å². The summed E-state index contributed by atoms with van der Waals surface area (Å²) >= 11 is 0. The zero-order chi connectivity index (χ0) is 33.1. The van der Waals surface area contributed by atoms with E-state index in [0.717, 1.165) is 18.4 Å². The van der Waals surface area contributed by atoms with E-state index < -0.39 is 23.9 Å². The first-order valence-corrected chi connectivity index (χ1v) is 15.2. The third-order valence-corrected chi connectivity index (χ3v) is 7.22. The summed E-state index contributed by atoms with van der Waals surface area (Å²) in [4.78, 5) is 61.1. The number of nitrogens with one attached hydrogen (secondary N) is 3. The Morgan fingerprint density at radius 3 is 2.41 bits per heavy atom. The minimum Gasteiger partial charge on any atom is -0.465 e. The SMILES string of the molecule is CCCN(CCC)C(=O)C1=Cc2ccc(C(=O)Nc3cncc(CNC(=O)C(Cc4ccccc4)NC(=O)O)c3)cc2N=C(N)C1. The fourth-order valence-corrected chi connectivity index (χ4v) is 5.10. The third-order valence-electron chi connectivity index (χ3n) is 7.22. The van der Waals surface area contributed by atoms with Crippen molar-refractivity contribution in [2.75, 3.05) is 18.4 Å². The van der Waals surface area contributed by atoms with Gasteiger partial charge >= 0.3 is 6.09 Å². The molecule has 12 nitrogen and oxygen atoms in total. The fourth-order valence-electron chi connectivity index (χ4n) is 5.10. The molecule has 1 aliphatic heterocycles. The molecular weight excluding hydrogens is 586 g/mol. The van der Waals surface area contributed by atoms with Gasteiger partial charge in [0.1, 0.15) is 11.9 Å². The van der Waals surface area contributed by atoms with Crippen LogP contribution < -0.4 is 21.7 Å². The molecule has 1 unspecified atom stereocenters. The number of aromatic nitrogens is 1. The first kappa shape index (κ1) is 33.4. The lowest BCUT2D eigenvalue weighted by Crippen LogP contribution is -2.47. The number of nitrogens with zero attached hydrogens (tertiary/aromatic N) is 3. The predicted octanol–water partition coefficient (Wildman–Crippen LogP) is 4.25. The van der Waals surface area contributed by atoms with Gasteiger partial charge in [-0.2, -0.15) is 0 Å². The highest BCUT2D eigenvalue weighted by atomic mass is 16.4. The van der Waals surface area contributed by atoms with Gasteiger partial charge in [-0.1, -0.05) is 50.2 Å². The lowest BCUT2D eigenvalue weighted by Gasteiger charge is -2.22. The van der Waals surface area contributed by atoms with Gasteiger partial charge in [0, 0.05) is 55.4 Å². The largest absolute Gasteiger partial charge is 0.465 e. The van der Waals surface area contributed by atoms with Crippen molar-refractivity contribution in [2.24, 2.45) is 10.7 Å². The van der Waals surface area contributed by atoms with Crippen molar-refractivity contribution < 1.29 is 24.3 Å². The highest BCUT2D eigenvalue weighted by Crippen LogP contribution is 2.29. The second kappa shape index (κ2) is 16.0. The molecule has 1 aromatic heterocycles. The van der Waals surface area contributed by atoms with Crippen molar-refractivity contribution in [3.8, 4) is 0 Å². The first-order chi connectivity index (χ1) is 22.2. The summed E-state index contributed by atoms with van der Waals surface area (Å²) in [6.07, 6.45) is 5.62. The summed E-state index contributed by atoms with van der Waals surface area (Å²) in [5.74, 6) is -0.681. The van der Waals surface area contributed by atoms with Crippen LogP contribution >= 0.6 is 0 Å². The van der Waals surface area contributed by atoms with Crippen LogP contribution in [0.15, 0.2) is 77.6 Å². The maximum absolute atomic E-state index is 13.3. The molecule has 0 aliphatic carbocycles. The quantitative estimate of drug-likeness (QED) is 0.188. The average Bonchev–Trinajstić information content (AvgIpc) is 3.20. The number of benzene rings is 2. The fraction of sp³-hybridized carbons (Fsp3) is 0.294. The molecule has 240 valence electrons. The summed E-state index contributed by atoms with van der Waals surface area (Å²) in [5, 5.41) is 17.0. The summed E-state index contributed by atoms with van der Waals surface area (Å²) in [5.41, 5.74) is 10.1. The van der Waals surface area contributed by atoms with Crippen LogP contribution in [0.3, 0.4) is 0 Å². The van der Waals surface area contributed by atoms with Crippen LogP contribution in [0.2, 0.25) is 0 Å². The van der Waals surface area contributed by atoms with Gasteiger partial charge in [-0.15, -0.1) is 0 Å². The van der Waals surface area contributed by atoms with Gasteiger partial charge in [0.25, 0.3) is 5.91 Å². The van der Waals surface area contributed by atoms with Crippen molar-refractivity contribution >= 4 is 47.1 Å². The molecule has 12 heteroatoms. The van der Waals surface area contributed by atoms with Crippen LogP contribution in [0, 0.1) is 0 Å². The lowest BCUT2D eigenvalue weighted by molar-refractivity contribution is -0.127. The molecule has 3 aromatic rings. The maximum atomic E-state index is 13.3. The first-order valence-electron chi connectivity index (χ1n) is 15.2. The number of pyridine rings is 1. The summed E-state index contributed by atoms with van der Waals surface area (Å²) in [6, 6.07) is 14.8. The number of carbonyl (C=O) groups is 4. The predicted molar refractivity (Wildman–Crippen MR) is 177 cm³/mol. The zero-order valence-corrected chi connectivity index (χ0v) is 26.0. The molecule has 1 aliphatic rings. The smallest absolute Gasteiger partial charge is 0.405 e. The minimum absolute atomic E-state index is 0.0649. The van der Waals surface area contributed by atoms with Crippen molar-refractivity contribution in [3.05, 3.63) is 94.8 Å². The number of anilines is 1. The Morgan fingerprint density at radius 1 is 0.978 bits per heavy atom. The number of nitrogens with two attached hydrogens (primary N) is 1. The second-order valence-electron chi connectivity index (χ2n) is 11.0. The number of carboxylic acid groups (broad SMARTS) is 1. The molecule has 0 radical (unpaired) electrons. The second-order valence-corrected chi connectivity index (χ2v) is 11.0. The Bertz CT molecular complexity index is 1630. The van der Waals surface area contributed by atoms with E-state index in [1.165, 1.54) is 6.20 Å². The Hall–Kier alpha value is -5.52. The Kier molecular flexibility index (Phi) is 11.6. The molecule has 6 N–H and O–H groups in total. The molecule has 46 heavy (non-hydrogen) atoms. The number of carbonyl (C=O) groups excluding carboxylic acids is 3. The number of amidine groups is 1. The maximum Gasteiger partial charge on any atom is 0.405 e. The topological polar surface area (TPSA) is 179 Å². The van der Waals surface area contributed by atoms with Crippen LogP contribution in [0.25, 0.3) is 6.08 Å². The van der Waals surface area contributed by atoms with Crippen LogP contribution in [0.5, 0.6) is 0 Å². The van der Waals surface area contributed by atoms with Crippen molar-refractivity contribution in [1.82, 2.24) is 20.5 Å². The van der Waals surface area contributed by atoms with E-state index >= 15 is 0 Å². The molecule has 2 heterocycles. The molecule has 1 atom stereocenters. The third kappa shape index (κ3) is 9.24. The molecule has 2 aromatic carbocycles. The van der Waals surface area contributed by atoms with Crippen molar-refractivity contribution in [2.45, 2.75) is 52.1 Å². The van der Waals surface area contributed by atoms with E-state index in [-0.39, 0.29) is 31.1 Å². The van der Waals surface area contributed by atoms with Gasteiger partial charge in [0.15, 0.2) is 0 Å². The molecular formula is C34H39N7O5. The number of hydrogen-bond acceptors (Lipinski definition) is 7. The highest BCUT2D eigenvalue weighted by Gasteiger charge is 2.23. The molecule has 0 spiro atoms. The molecule has 0 fully saturated rings. The van der Waals surface area contributed by atoms with Gasteiger partial charge < -0.3 is 31.7 Å². The van der Waals surface area contributed by atoms with Gasteiger partial charge in [-0.3, -0.25) is 19.4 Å². The standard InChI is InChI=1S/C34H39N7O5/c1-3-12-41(13-4-2)33(44)26-16-24-10-11-25(17-28(24)39-30(35)18-26)31(42)38-27-14-23(19-36-21-27)20-37-32(43)29(40-34(45)46)15-22-8-6-5-7-9-22/h5-11,14,16-17,19,21,29,40H,3-4,12-13,15,18,20H2,1-2H3,(H2,35,39)(H,37,43)(H,38,42)(H,45,46). The number of aliphatic imine (C=N–C) groups is 1. The summed E-state index contributed by atoms with van der Waals surface area (Å²) < 4.78 is 0. The van der Waals surface area contributed by atoms with E-state index in [1.807, 2.05) is 49.1 Å². The highest BCUT2D eigenvalue weighted by molar-refractivity contribution is 6.08. The zero-order valence-electron chi connectivity index (χ0n) is 26.0. The number of hydrogen-bond donors (Lipinski definition) is 5. The Balaban J connectivity index is 1.43. The van der Waals surface area contributed by atoms with Gasteiger partial charge in [0.05, 0.1) is 17.6 Å². The van der Waals surface area contributed by atoms with Gasteiger partial charge in [-0.05, 0) is 48.2 Å². The molecule has 4 rings (SSSR count). The number of rotatable bonds is 13. The van der Waals surface area contributed by atoms with Crippen LogP contribution in [-0.2, 0) is 22.6 Å². The Labute approximate surface area is 267 Å². The van der Waals surface area contributed by atoms with Gasteiger partial charge in [-0.25, -0.2) is 9.79 Å². The molecule has 0 bridgehead atoms. The molecule has 0 saturated heterocycles. The van der Waals surface area contributed by atoms with Crippen LogP contribution in [-0.4, -0.2) is 63.8 Å². The number of amides is 4. The Morgan fingerprint density at radius 2 is 1.72 bits per heavy atom. The average molecular weight is 626 g/mol. The van der Waals surface area contributed by atoms with E-state index in [4.69, 9.17) is 5.73 Å². The summed E-state index contributed by atoms with van der Waals surface area (Å²) in [7, 11) is 0. The lowest BCUT2D eigenvalue weighted by atomic mass is 10.0. The van der Waals surface area contributed by atoms with E-state index in [2.05, 4.69) is 25.9 Å².